The highest BCUT2D eigenvalue weighted by atomic mass is 32.2. The molecule has 0 bridgehead atoms. The van der Waals surface area contributed by atoms with Crippen LogP contribution >= 0.6 is 11.8 Å². The maximum absolute atomic E-state index is 9.76. The van der Waals surface area contributed by atoms with Crippen LogP contribution in [0.2, 0.25) is 0 Å². The molecule has 0 aliphatic heterocycles. The fourth-order valence-corrected chi connectivity index (χ4v) is 2.42. The topological polar surface area (TPSA) is 29.5 Å². The van der Waals surface area contributed by atoms with Crippen molar-refractivity contribution in [3.8, 4) is 0 Å². The monoisotopic (exact) mass is 254 g/mol. The number of benzene rings is 1. The normalized spacial score (nSPS) is 13.1. The molecule has 1 unspecified atom stereocenters. The average molecular weight is 254 g/mol. The first kappa shape index (κ1) is 14.6. The second-order valence-electron chi connectivity index (χ2n) is 4.62. The van der Waals surface area contributed by atoms with Crippen molar-refractivity contribution < 1.29 is 9.84 Å². The molecule has 2 nitrogen and oxygen atoms in total. The highest BCUT2D eigenvalue weighted by Gasteiger charge is 2.07. The van der Waals surface area contributed by atoms with E-state index < -0.39 is 6.10 Å². The molecule has 3 heteroatoms. The highest BCUT2D eigenvalue weighted by Crippen LogP contribution is 2.23. The molecule has 0 amide bonds. The summed E-state index contributed by atoms with van der Waals surface area (Å²) < 4.78 is 5.38. The van der Waals surface area contributed by atoms with Crippen LogP contribution in [0, 0.1) is 13.8 Å². The minimum atomic E-state index is -0.400. The molecule has 1 N–H and O–H groups in total. The summed E-state index contributed by atoms with van der Waals surface area (Å²) in [5.41, 5.74) is 2.54. The van der Waals surface area contributed by atoms with Gasteiger partial charge in [-0.25, -0.2) is 0 Å². The molecule has 0 aliphatic rings. The number of ether oxygens (including phenoxy) is 1. The van der Waals surface area contributed by atoms with Crippen molar-refractivity contribution in [1.82, 2.24) is 0 Å². The number of aryl methyl sites for hydroxylation is 2. The minimum Gasteiger partial charge on any atom is -0.390 e. The van der Waals surface area contributed by atoms with Gasteiger partial charge in [0.05, 0.1) is 18.8 Å². The van der Waals surface area contributed by atoms with Crippen molar-refractivity contribution in [2.45, 2.75) is 44.8 Å². The summed E-state index contributed by atoms with van der Waals surface area (Å²) in [6.45, 7) is 8.56. The summed E-state index contributed by atoms with van der Waals surface area (Å²) in [5.74, 6) is 0.677. The van der Waals surface area contributed by atoms with E-state index in [4.69, 9.17) is 4.74 Å². The Kier molecular flexibility index (Phi) is 6.03. The molecule has 0 spiro atoms. The third-order valence-corrected chi connectivity index (χ3v) is 3.70. The van der Waals surface area contributed by atoms with Gasteiger partial charge in [0.1, 0.15) is 0 Å². The van der Waals surface area contributed by atoms with E-state index in [-0.39, 0.29) is 6.10 Å². The number of hydrogen-bond donors (Lipinski definition) is 1. The van der Waals surface area contributed by atoms with Crippen molar-refractivity contribution in [3.63, 3.8) is 0 Å². The van der Waals surface area contributed by atoms with E-state index in [0.29, 0.717) is 12.4 Å². The molecule has 1 aromatic carbocycles. The van der Waals surface area contributed by atoms with Crippen LogP contribution in [0.4, 0.5) is 0 Å². The Morgan fingerprint density at radius 1 is 1.29 bits per heavy atom. The van der Waals surface area contributed by atoms with Crippen LogP contribution in [0.15, 0.2) is 23.1 Å². The first-order valence-electron chi connectivity index (χ1n) is 5.98. The number of aliphatic hydroxyl groups is 1. The first-order chi connectivity index (χ1) is 7.99. The van der Waals surface area contributed by atoms with Crippen molar-refractivity contribution >= 4 is 11.8 Å². The molecule has 0 aliphatic carbocycles. The van der Waals surface area contributed by atoms with Crippen molar-refractivity contribution in [2.75, 3.05) is 12.4 Å². The maximum atomic E-state index is 9.76. The van der Waals surface area contributed by atoms with Gasteiger partial charge in [0.2, 0.25) is 0 Å². The van der Waals surface area contributed by atoms with Gasteiger partial charge < -0.3 is 9.84 Å². The molecular weight excluding hydrogens is 232 g/mol. The van der Waals surface area contributed by atoms with Crippen LogP contribution in [0.5, 0.6) is 0 Å². The molecule has 96 valence electrons. The van der Waals surface area contributed by atoms with Gasteiger partial charge in [-0.3, -0.25) is 0 Å². The molecule has 0 aromatic heterocycles. The zero-order chi connectivity index (χ0) is 12.8. The Balaban J connectivity index is 2.39. The molecule has 1 rings (SSSR count). The van der Waals surface area contributed by atoms with E-state index in [9.17, 15) is 5.11 Å². The Morgan fingerprint density at radius 2 is 2.00 bits per heavy atom. The second kappa shape index (κ2) is 7.04. The Morgan fingerprint density at radius 3 is 2.59 bits per heavy atom. The lowest BCUT2D eigenvalue weighted by Gasteiger charge is -2.14. The molecule has 0 heterocycles. The van der Waals surface area contributed by atoms with Crippen LogP contribution in [0.3, 0.4) is 0 Å². The van der Waals surface area contributed by atoms with Crippen LogP contribution < -0.4 is 0 Å². The summed E-state index contributed by atoms with van der Waals surface area (Å²) in [4.78, 5) is 1.24. The van der Waals surface area contributed by atoms with E-state index in [1.807, 2.05) is 13.8 Å². The molecule has 17 heavy (non-hydrogen) atoms. The summed E-state index contributed by atoms with van der Waals surface area (Å²) >= 11 is 1.69. The van der Waals surface area contributed by atoms with Crippen molar-refractivity contribution in [1.29, 1.82) is 0 Å². The zero-order valence-electron chi connectivity index (χ0n) is 11.1. The summed E-state index contributed by atoms with van der Waals surface area (Å²) in [7, 11) is 0. The lowest BCUT2D eigenvalue weighted by Crippen LogP contribution is -2.20. The quantitative estimate of drug-likeness (QED) is 0.791. The number of thioether (sulfide) groups is 1. The summed E-state index contributed by atoms with van der Waals surface area (Å²) in [6.07, 6.45) is -0.223. The van der Waals surface area contributed by atoms with E-state index in [1.165, 1.54) is 16.0 Å². The van der Waals surface area contributed by atoms with Crippen molar-refractivity contribution in [3.05, 3.63) is 29.3 Å². The predicted molar refractivity (Wildman–Crippen MR) is 73.7 cm³/mol. The van der Waals surface area contributed by atoms with Crippen LogP contribution in [-0.2, 0) is 4.74 Å². The third kappa shape index (κ3) is 5.57. The fraction of sp³-hybridized carbons (Fsp3) is 0.571. The predicted octanol–water partition coefficient (Wildman–Crippen LogP) is 3.18. The van der Waals surface area contributed by atoms with Gasteiger partial charge in [0.15, 0.2) is 0 Å². The van der Waals surface area contributed by atoms with E-state index >= 15 is 0 Å². The van der Waals surface area contributed by atoms with Crippen LogP contribution in [0.25, 0.3) is 0 Å². The summed E-state index contributed by atoms with van der Waals surface area (Å²) in [6, 6.07) is 6.39. The zero-order valence-corrected chi connectivity index (χ0v) is 11.9. The fourth-order valence-electron chi connectivity index (χ4n) is 1.50. The minimum absolute atomic E-state index is 0.177. The van der Waals surface area contributed by atoms with E-state index in [0.717, 1.165) is 0 Å². The lowest BCUT2D eigenvalue weighted by molar-refractivity contribution is 0.0152. The average Bonchev–Trinajstić information content (AvgIpc) is 2.25. The standard InChI is InChI=1S/C14H22O2S/c1-10(2)16-8-13(15)9-17-14-6-5-11(3)7-12(14)4/h5-7,10,13,15H,8-9H2,1-4H3. The molecule has 1 atom stereocenters. The van der Waals surface area contributed by atoms with Gasteiger partial charge in [0.25, 0.3) is 0 Å². The largest absolute Gasteiger partial charge is 0.390 e. The SMILES string of the molecule is Cc1ccc(SCC(O)COC(C)C)c(C)c1. The second-order valence-corrected chi connectivity index (χ2v) is 5.68. The van der Waals surface area contributed by atoms with Gasteiger partial charge in [-0.2, -0.15) is 0 Å². The molecule has 0 saturated carbocycles. The van der Waals surface area contributed by atoms with Gasteiger partial charge >= 0.3 is 0 Å². The van der Waals surface area contributed by atoms with Gasteiger partial charge in [0, 0.05) is 10.6 Å². The molecule has 1 aromatic rings. The number of hydrogen-bond acceptors (Lipinski definition) is 3. The molecule has 0 saturated heterocycles. The first-order valence-corrected chi connectivity index (χ1v) is 6.97. The maximum Gasteiger partial charge on any atom is 0.0867 e. The van der Waals surface area contributed by atoms with Crippen LogP contribution in [0.1, 0.15) is 25.0 Å². The molecular formula is C14H22O2S. The van der Waals surface area contributed by atoms with Crippen molar-refractivity contribution in [2.24, 2.45) is 0 Å². The Hall–Kier alpha value is -0.510. The number of rotatable bonds is 6. The summed E-state index contributed by atoms with van der Waals surface area (Å²) in [5, 5.41) is 9.76. The van der Waals surface area contributed by atoms with E-state index in [1.54, 1.807) is 11.8 Å². The third-order valence-electron chi connectivity index (χ3n) is 2.38. The van der Waals surface area contributed by atoms with E-state index in [2.05, 4.69) is 32.0 Å². The van der Waals surface area contributed by atoms with Gasteiger partial charge in [-0.05, 0) is 39.3 Å². The van der Waals surface area contributed by atoms with Crippen LogP contribution in [-0.4, -0.2) is 29.7 Å². The van der Waals surface area contributed by atoms with Gasteiger partial charge in [-0.1, -0.05) is 17.7 Å². The molecule has 0 fully saturated rings. The highest BCUT2D eigenvalue weighted by molar-refractivity contribution is 7.99. The smallest absolute Gasteiger partial charge is 0.0867 e. The lowest BCUT2D eigenvalue weighted by atomic mass is 10.2. The number of aliphatic hydroxyl groups excluding tert-OH is 1. The Labute approximate surface area is 108 Å². The molecule has 0 radical (unpaired) electrons. The van der Waals surface area contributed by atoms with Gasteiger partial charge in [-0.15, -0.1) is 11.8 Å². The Bertz CT molecular complexity index is 350.